The van der Waals surface area contributed by atoms with Gasteiger partial charge in [0.25, 0.3) is 5.91 Å². The van der Waals surface area contributed by atoms with Gasteiger partial charge >= 0.3 is 0 Å². The average Bonchev–Trinajstić information content (AvgIpc) is 3.44. The molecule has 0 atom stereocenters. The van der Waals surface area contributed by atoms with Crippen LogP contribution in [-0.4, -0.2) is 89.5 Å². The molecular formula is C31H37N7O3. The van der Waals surface area contributed by atoms with Crippen molar-refractivity contribution in [2.75, 3.05) is 58.2 Å². The Kier molecular flexibility index (Phi) is 9.10. The van der Waals surface area contributed by atoms with Gasteiger partial charge < -0.3 is 25.3 Å². The van der Waals surface area contributed by atoms with Crippen molar-refractivity contribution in [2.24, 2.45) is 0 Å². The number of nitrogens with zero attached hydrogens (tertiary/aromatic N) is 4. The predicted octanol–water partition coefficient (Wildman–Crippen LogP) is 3.57. The maximum atomic E-state index is 13.5. The molecular weight excluding hydrogens is 518 g/mol. The molecule has 4 aromatic rings. The lowest BCUT2D eigenvalue weighted by atomic mass is 10.1. The minimum absolute atomic E-state index is 0.0358. The normalized spacial score (nSPS) is 13.8. The Balaban J connectivity index is 1.22. The SMILES string of the molecule is COc1ccc(CCCN2CCN(C(=O)c3cc4c(NCCNC(C)=O)nc(-c5ccccc5)nc4[nH]3)CC2)cc1. The number of H-pyrrole nitrogens is 1. The van der Waals surface area contributed by atoms with E-state index in [-0.39, 0.29) is 11.8 Å². The van der Waals surface area contributed by atoms with Crippen molar-refractivity contribution >= 4 is 28.7 Å². The summed E-state index contributed by atoms with van der Waals surface area (Å²) in [5.74, 6) is 1.94. The molecule has 1 aliphatic rings. The third-order valence-electron chi connectivity index (χ3n) is 7.30. The predicted molar refractivity (Wildman–Crippen MR) is 160 cm³/mol. The lowest BCUT2D eigenvalue weighted by molar-refractivity contribution is -0.118. The van der Waals surface area contributed by atoms with Crippen LogP contribution in [0.15, 0.2) is 60.7 Å². The highest BCUT2D eigenvalue weighted by Gasteiger charge is 2.24. The molecule has 2 amide bonds. The van der Waals surface area contributed by atoms with E-state index in [0.29, 0.717) is 49.2 Å². The number of aromatic amines is 1. The van der Waals surface area contributed by atoms with Crippen LogP contribution in [0, 0.1) is 0 Å². The lowest BCUT2D eigenvalue weighted by Crippen LogP contribution is -2.49. The zero-order chi connectivity index (χ0) is 28.6. The van der Waals surface area contributed by atoms with Crippen LogP contribution >= 0.6 is 0 Å². The first-order valence-electron chi connectivity index (χ1n) is 14.1. The molecule has 2 aromatic heterocycles. The summed E-state index contributed by atoms with van der Waals surface area (Å²) in [7, 11) is 1.68. The first-order chi connectivity index (χ1) is 20.0. The topological polar surface area (TPSA) is 115 Å². The van der Waals surface area contributed by atoms with Crippen molar-refractivity contribution in [3.05, 3.63) is 71.9 Å². The van der Waals surface area contributed by atoms with Crippen molar-refractivity contribution in [1.82, 2.24) is 30.1 Å². The summed E-state index contributed by atoms with van der Waals surface area (Å²) >= 11 is 0. The van der Waals surface area contributed by atoms with Crippen molar-refractivity contribution in [3.63, 3.8) is 0 Å². The number of nitrogens with one attached hydrogen (secondary N) is 3. The molecule has 2 aromatic carbocycles. The van der Waals surface area contributed by atoms with Crippen LogP contribution in [0.1, 0.15) is 29.4 Å². The van der Waals surface area contributed by atoms with E-state index in [4.69, 9.17) is 14.7 Å². The summed E-state index contributed by atoms with van der Waals surface area (Å²) in [6.07, 6.45) is 2.09. The molecule has 1 fully saturated rings. The fraction of sp³-hybridized carbons (Fsp3) is 0.355. The maximum absolute atomic E-state index is 13.5. The molecule has 0 unspecified atom stereocenters. The van der Waals surface area contributed by atoms with Crippen LogP contribution in [0.2, 0.25) is 0 Å². The summed E-state index contributed by atoms with van der Waals surface area (Å²) in [6, 6.07) is 19.8. The highest BCUT2D eigenvalue weighted by molar-refractivity contribution is 6.00. The number of aromatic nitrogens is 3. The second-order valence-corrected chi connectivity index (χ2v) is 10.2. The zero-order valence-electron chi connectivity index (χ0n) is 23.7. The molecule has 5 rings (SSSR count). The highest BCUT2D eigenvalue weighted by atomic mass is 16.5. The Morgan fingerprint density at radius 3 is 2.44 bits per heavy atom. The second kappa shape index (κ2) is 13.3. The smallest absolute Gasteiger partial charge is 0.270 e. The number of piperazine rings is 1. The first kappa shape index (κ1) is 28.1. The zero-order valence-corrected chi connectivity index (χ0v) is 23.7. The number of hydrogen-bond donors (Lipinski definition) is 3. The quantitative estimate of drug-likeness (QED) is 0.242. The number of amides is 2. The lowest BCUT2D eigenvalue weighted by Gasteiger charge is -2.34. The van der Waals surface area contributed by atoms with Gasteiger partial charge in [-0.3, -0.25) is 14.5 Å². The number of aryl methyl sites for hydroxylation is 1. The van der Waals surface area contributed by atoms with Gasteiger partial charge in [0.05, 0.1) is 12.5 Å². The van der Waals surface area contributed by atoms with Crippen LogP contribution in [0.3, 0.4) is 0 Å². The summed E-state index contributed by atoms with van der Waals surface area (Å²) in [4.78, 5) is 41.8. The van der Waals surface area contributed by atoms with E-state index < -0.39 is 0 Å². The van der Waals surface area contributed by atoms with Gasteiger partial charge in [-0.25, -0.2) is 9.97 Å². The molecule has 3 N–H and O–H groups in total. The van der Waals surface area contributed by atoms with Crippen molar-refractivity contribution < 1.29 is 14.3 Å². The van der Waals surface area contributed by atoms with Gasteiger partial charge in [0.15, 0.2) is 5.82 Å². The maximum Gasteiger partial charge on any atom is 0.270 e. The monoisotopic (exact) mass is 555 g/mol. The van der Waals surface area contributed by atoms with Gasteiger partial charge in [0, 0.05) is 51.8 Å². The fourth-order valence-corrected chi connectivity index (χ4v) is 5.04. The van der Waals surface area contributed by atoms with Crippen molar-refractivity contribution in [3.8, 4) is 17.1 Å². The molecule has 0 aliphatic carbocycles. The number of anilines is 1. The molecule has 0 bridgehead atoms. The summed E-state index contributed by atoms with van der Waals surface area (Å²) in [5.41, 5.74) is 3.28. The molecule has 0 saturated carbocycles. The number of ether oxygens (including phenoxy) is 1. The van der Waals surface area contributed by atoms with Crippen LogP contribution in [0.25, 0.3) is 22.4 Å². The molecule has 3 heterocycles. The Labute approximate surface area is 240 Å². The molecule has 0 radical (unpaired) electrons. The van der Waals surface area contributed by atoms with Crippen LogP contribution in [-0.2, 0) is 11.2 Å². The highest BCUT2D eigenvalue weighted by Crippen LogP contribution is 2.26. The van der Waals surface area contributed by atoms with E-state index in [1.807, 2.05) is 53.4 Å². The van der Waals surface area contributed by atoms with Gasteiger partial charge in [0.2, 0.25) is 5.91 Å². The number of benzene rings is 2. The number of carbonyl (C=O) groups is 2. The van der Waals surface area contributed by atoms with E-state index in [0.717, 1.165) is 49.2 Å². The van der Waals surface area contributed by atoms with E-state index >= 15 is 0 Å². The van der Waals surface area contributed by atoms with E-state index in [1.54, 1.807) is 7.11 Å². The van der Waals surface area contributed by atoms with Gasteiger partial charge in [-0.2, -0.15) is 0 Å². The summed E-state index contributed by atoms with van der Waals surface area (Å²) < 4.78 is 5.24. The Morgan fingerprint density at radius 2 is 1.73 bits per heavy atom. The molecule has 214 valence electrons. The standard InChI is InChI=1S/C31H37N7O3/c1-22(39)32-14-15-33-29-26-21-27(34-30(26)36-28(35-29)24-8-4-3-5-9-24)31(40)38-19-17-37(18-20-38)16-6-7-23-10-12-25(41-2)13-11-23/h3-5,8-13,21H,6-7,14-20H2,1-2H3,(H,32,39)(H2,33,34,35,36). The van der Waals surface area contributed by atoms with Crippen molar-refractivity contribution in [1.29, 1.82) is 0 Å². The first-order valence-corrected chi connectivity index (χ1v) is 14.1. The van der Waals surface area contributed by atoms with Gasteiger partial charge in [-0.1, -0.05) is 42.5 Å². The second-order valence-electron chi connectivity index (χ2n) is 10.2. The van der Waals surface area contributed by atoms with E-state index in [2.05, 4.69) is 32.7 Å². The Bertz CT molecular complexity index is 1460. The number of carbonyl (C=O) groups excluding carboxylic acids is 2. The van der Waals surface area contributed by atoms with Crippen molar-refractivity contribution in [2.45, 2.75) is 19.8 Å². The fourth-order valence-electron chi connectivity index (χ4n) is 5.04. The minimum atomic E-state index is -0.0866. The Morgan fingerprint density at radius 1 is 0.976 bits per heavy atom. The number of fused-ring (bicyclic) bond motifs is 1. The van der Waals surface area contributed by atoms with E-state index in [1.165, 1.54) is 12.5 Å². The number of methoxy groups -OCH3 is 1. The molecule has 41 heavy (non-hydrogen) atoms. The van der Waals surface area contributed by atoms with Crippen LogP contribution in [0.4, 0.5) is 5.82 Å². The van der Waals surface area contributed by atoms with Gasteiger partial charge in [-0.05, 0) is 43.1 Å². The molecule has 0 spiro atoms. The van der Waals surface area contributed by atoms with Crippen LogP contribution in [0.5, 0.6) is 5.75 Å². The number of rotatable bonds is 11. The van der Waals surface area contributed by atoms with E-state index in [9.17, 15) is 9.59 Å². The molecule has 10 nitrogen and oxygen atoms in total. The largest absolute Gasteiger partial charge is 0.497 e. The van der Waals surface area contributed by atoms with Crippen LogP contribution < -0.4 is 15.4 Å². The third-order valence-corrected chi connectivity index (χ3v) is 7.30. The summed E-state index contributed by atoms with van der Waals surface area (Å²) in [6.45, 7) is 6.51. The average molecular weight is 556 g/mol. The minimum Gasteiger partial charge on any atom is -0.497 e. The third kappa shape index (κ3) is 7.20. The number of hydrogen-bond acceptors (Lipinski definition) is 7. The Hall–Kier alpha value is -4.44. The summed E-state index contributed by atoms with van der Waals surface area (Å²) in [5, 5.41) is 6.83. The van der Waals surface area contributed by atoms with Gasteiger partial charge in [-0.15, -0.1) is 0 Å². The molecule has 1 aliphatic heterocycles. The molecule has 10 heteroatoms. The molecule has 1 saturated heterocycles. The van der Waals surface area contributed by atoms with Gasteiger partial charge in [0.1, 0.15) is 22.9 Å².